The van der Waals surface area contributed by atoms with Gasteiger partial charge in [0.1, 0.15) is 0 Å². The van der Waals surface area contributed by atoms with E-state index in [0.29, 0.717) is 0 Å². The highest BCUT2D eigenvalue weighted by atomic mass is 32.2. The summed E-state index contributed by atoms with van der Waals surface area (Å²) in [6.45, 7) is 4.00. The van der Waals surface area contributed by atoms with Crippen LogP contribution in [-0.4, -0.2) is 8.42 Å². The molecular formula is C23H21NO2S. The van der Waals surface area contributed by atoms with Gasteiger partial charge in [-0.05, 0) is 53.8 Å². The van der Waals surface area contributed by atoms with Crippen molar-refractivity contribution in [1.29, 1.82) is 0 Å². The summed E-state index contributed by atoms with van der Waals surface area (Å²) in [7, 11) is -3.65. The third-order valence-electron chi connectivity index (χ3n) is 5.06. The molecule has 4 heteroatoms. The summed E-state index contributed by atoms with van der Waals surface area (Å²) in [5.74, 6) is 0. The predicted molar refractivity (Wildman–Crippen MR) is 110 cm³/mol. The van der Waals surface area contributed by atoms with E-state index in [2.05, 4.69) is 11.6 Å². The van der Waals surface area contributed by atoms with Gasteiger partial charge in [-0.25, -0.2) is 8.42 Å². The number of benzene rings is 3. The van der Waals surface area contributed by atoms with Crippen LogP contribution in [0.2, 0.25) is 0 Å². The van der Waals surface area contributed by atoms with Gasteiger partial charge < -0.3 is 0 Å². The lowest BCUT2D eigenvalue weighted by atomic mass is 9.98. The second-order valence-corrected chi connectivity index (χ2v) is 8.57. The van der Waals surface area contributed by atoms with Crippen LogP contribution < -0.4 is 4.72 Å². The summed E-state index contributed by atoms with van der Waals surface area (Å²) >= 11 is 0. The number of hydrogen-bond donors (Lipinski definition) is 1. The van der Waals surface area contributed by atoms with Crippen molar-refractivity contribution in [1.82, 2.24) is 4.72 Å². The van der Waals surface area contributed by atoms with E-state index in [9.17, 15) is 8.42 Å². The molecule has 1 aliphatic carbocycles. The first-order valence-corrected chi connectivity index (χ1v) is 10.4. The molecule has 1 atom stereocenters. The normalized spacial score (nSPS) is 16.4. The second-order valence-electron chi connectivity index (χ2n) is 6.86. The molecule has 3 aromatic rings. The van der Waals surface area contributed by atoms with Gasteiger partial charge in [0.25, 0.3) is 0 Å². The number of rotatable bonds is 4. The summed E-state index contributed by atoms with van der Waals surface area (Å²) in [6, 6.07) is 24.5. The fraction of sp³-hybridized carbons (Fsp3) is 0.130. The molecule has 1 aliphatic rings. The third kappa shape index (κ3) is 3.22. The Balaban J connectivity index is 1.81. The molecule has 0 spiro atoms. The highest BCUT2D eigenvalue weighted by molar-refractivity contribution is 7.89. The molecule has 136 valence electrons. The summed E-state index contributed by atoms with van der Waals surface area (Å²) in [4.78, 5) is 0.280. The van der Waals surface area contributed by atoms with E-state index in [1.165, 1.54) is 0 Å². The highest BCUT2D eigenvalue weighted by Gasteiger charge is 2.33. The van der Waals surface area contributed by atoms with Crippen molar-refractivity contribution in [2.45, 2.75) is 24.8 Å². The number of nitrogens with one attached hydrogen (secondary N) is 1. The van der Waals surface area contributed by atoms with Gasteiger partial charge in [0.05, 0.1) is 10.9 Å². The van der Waals surface area contributed by atoms with Gasteiger partial charge in [-0.1, -0.05) is 72.3 Å². The molecule has 1 N–H and O–H groups in total. The van der Waals surface area contributed by atoms with Gasteiger partial charge in [-0.15, -0.1) is 0 Å². The second kappa shape index (κ2) is 6.80. The van der Waals surface area contributed by atoms with Gasteiger partial charge in [0, 0.05) is 0 Å². The largest absolute Gasteiger partial charge is 0.241 e. The zero-order chi connectivity index (χ0) is 19.0. The molecule has 0 bridgehead atoms. The maximum atomic E-state index is 13.1. The van der Waals surface area contributed by atoms with Crippen LogP contribution in [0.25, 0.3) is 11.1 Å². The zero-order valence-electron chi connectivity index (χ0n) is 15.3. The Morgan fingerprint density at radius 3 is 2.11 bits per heavy atom. The average Bonchev–Trinajstić information content (AvgIpc) is 2.94. The Morgan fingerprint density at radius 1 is 0.778 bits per heavy atom. The van der Waals surface area contributed by atoms with Crippen LogP contribution in [0.5, 0.6) is 0 Å². The average molecular weight is 375 g/mol. The molecule has 0 heterocycles. The number of aryl methyl sites for hydroxylation is 1. The van der Waals surface area contributed by atoms with Gasteiger partial charge >= 0.3 is 0 Å². The molecule has 0 saturated heterocycles. The molecule has 0 amide bonds. The molecule has 0 radical (unpaired) electrons. The maximum Gasteiger partial charge on any atom is 0.241 e. The Hall–Kier alpha value is -2.69. The fourth-order valence-corrected chi connectivity index (χ4v) is 4.86. The minimum atomic E-state index is -3.65. The number of allylic oxidation sites excluding steroid dienone is 1. The monoisotopic (exact) mass is 375 g/mol. The quantitative estimate of drug-likeness (QED) is 0.701. The first-order chi connectivity index (χ1) is 13.0. The van der Waals surface area contributed by atoms with Crippen LogP contribution in [-0.2, 0) is 10.0 Å². The van der Waals surface area contributed by atoms with E-state index in [0.717, 1.165) is 33.4 Å². The first kappa shape index (κ1) is 17.7. The molecule has 27 heavy (non-hydrogen) atoms. The van der Waals surface area contributed by atoms with Gasteiger partial charge in [0.2, 0.25) is 10.0 Å². The molecule has 0 fully saturated rings. The highest BCUT2D eigenvalue weighted by Crippen LogP contribution is 2.45. The summed E-state index contributed by atoms with van der Waals surface area (Å²) in [5, 5.41) is 0. The van der Waals surface area contributed by atoms with Crippen molar-refractivity contribution in [3.05, 3.63) is 101 Å². The van der Waals surface area contributed by atoms with Crippen molar-refractivity contribution in [3.8, 4) is 0 Å². The molecule has 1 unspecified atom stereocenters. The Morgan fingerprint density at radius 2 is 1.41 bits per heavy atom. The van der Waals surface area contributed by atoms with Crippen LogP contribution >= 0.6 is 0 Å². The van der Waals surface area contributed by atoms with E-state index < -0.39 is 16.1 Å². The Bertz CT molecular complexity index is 1110. The van der Waals surface area contributed by atoms with E-state index in [-0.39, 0.29) is 4.90 Å². The minimum Gasteiger partial charge on any atom is -0.207 e. The van der Waals surface area contributed by atoms with E-state index in [1.807, 2.05) is 73.7 Å². The van der Waals surface area contributed by atoms with Crippen molar-refractivity contribution in [2.75, 3.05) is 0 Å². The van der Waals surface area contributed by atoms with Gasteiger partial charge in [0.15, 0.2) is 0 Å². The Kier molecular flexibility index (Phi) is 4.46. The maximum absolute atomic E-state index is 13.1. The van der Waals surface area contributed by atoms with E-state index in [4.69, 9.17) is 0 Å². The molecule has 4 rings (SSSR count). The van der Waals surface area contributed by atoms with Crippen molar-refractivity contribution < 1.29 is 8.42 Å². The molecule has 0 saturated carbocycles. The number of sulfonamides is 1. The minimum absolute atomic E-state index is 0.280. The topological polar surface area (TPSA) is 46.2 Å². The van der Waals surface area contributed by atoms with Crippen LogP contribution in [0.1, 0.15) is 35.2 Å². The smallest absolute Gasteiger partial charge is 0.207 e. The van der Waals surface area contributed by atoms with Gasteiger partial charge in [-0.2, -0.15) is 4.72 Å². The lowest BCUT2D eigenvalue weighted by molar-refractivity contribution is 0.576. The SMILES string of the molecule is CC1=C(c2ccccc2)C(NS(=O)(=O)c2ccc(C)cc2)c2ccccc21. The standard InChI is InChI=1S/C23H21NO2S/c1-16-12-14-19(15-13-16)27(25,26)24-23-21-11-7-6-10-20(21)17(2)22(23)18-8-4-3-5-9-18/h3-15,23-24H,1-2H3. The number of fused-ring (bicyclic) bond motifs is 1. The van der Waals surface area contributed by atoms with E-state index >= 15 is 0 Å². The molecule has 0 aromatic heterocycles. The third-order valence-corrected chi connectivity index (χ3v) is 6.50. The molecular weight excluding hydrogens is 354 g/mol. The number of hydrogen-bond acceptors (Lipinski definition) is 2. The van der Waals surface area contributed by atoms with E-state index in [1.54, 1.807) is 12.1 Å². The van der Waals surface area contributed by atoms with Crippen molar-refractivity contribution in [2.24, 2.45) is 0 Å². The lowest BCUT2D eigenvalue weighted by Gasteiger charge is -2.19. The molecule has 3 nitrogen and oxygen atoms in total. The summed E-state index contributed by atoms with van der Waals surface area (Å²) < 4.78 is 29.1. The van der Waals surface area contributed by atoms with Crippen LogP contribution in [0.4, 0.5) is 0 Å². The summed E-state index contributed by atoms with van der Waals surface area (Å²) in [5.41, 5.74) is 6.25. The molecule has 3 aromatic carbocycles. The van der Waals surface area contributed by atoms with Crippen molar-refractivity contribution in [3.63, 3.8) is 0 Å². The van der Waals surface area contributed by atoms with Crippen LogP contribution in [0.3, 0.4) is 0 Å². The predicted octanol–water partition coefficient (Wildman–Crippen LogP) is 4.96. The molecule has 0 aliphatic heterocycles. The van der Waals surface area contributed by atoms with Gasteiger partial charge in [-0.3, -0.25) is 0 Å². The lowest BCUT2D eigenvalue weighted by Crippen LogP contribution is -2.28. The Labute approximate surface area is 160 Å². The van der Waals surface area contributed by atoms with Crippen LogP contribution in [0.15, 0.2) is 83.8 Å². The van der Waals surface area contributed by atoms with Crippen molar-refractivity contribution >= 4 is 21.2 Å². The first-order valence-electron chi connectivity index (χ1n) is 8.92. The fourth-order valence-electron chi connectivity index (χ4n) is 3.67. The zero-order valence-corrected chi connectivity index (χ0v) is 16.1. The van der Waals surface area contributed by atoms with Crippen LogP contribution in [0, 0.1) is 6.92 Å². The summed E-state index contributed by atoms with van der Waals surface area (Å²) in [6.07, 6.45) is 0.